The van der Waals surface area contributed by atoms with Gasteiger partial charge in [-0.1, -0.05) is 12.1 Å². The van der Waals surface area contributed by atoms with E-state index in [1.807, 2.05) is 13.0 Å². The summed E-state index contributed by atoms with van der Waals surface area (Å²) in [5, 5.41) is 7.24. The predicted molar refractivity (Wildman–Crippen MR) is 119 cm³/mol. The Hall–Kier alpha value is -3.37. The van der Waals surface area contributed by atoms with Crippen molar-refractivity contribution in [1.82, 2.24) is 29.0 Å². The Balaban J connectivity index is 1.57. The highest BCUT2D eigenvalue weighted by molar-refractivity contribution is 7.83. The standard InChI is InChI=1S/C21H21N7O2S/c1-2-27-20(29)17-13-24-21(25-16-7-6-15-12-22-10-8-14(15)11-16)26-19(17)28(27)31(30)18-5-3-4-9-23-18/h3-7,9,11,13,22H,2,8,10,12H2,1H3,(H,24,25,26). The molecule has 2 N–H and O–H groups in total. The van der Waals surface area contributed by atoms with Crippen LogP contribution in [0.15, 0.2) is 58.6 Å². The maximum Gasteiger partial charge on any atom is 0.278 e. The molecule has 4 heterocycles. The first kappa shape index (κ1) is 19.6. The number of hydrogen-bond acceptors (Lipinski definition) is 7. The van der Waals surface area contributed by atoms with Gasteiger partial charge in [-0.05, 0) is 55.3 Å². The van der Waals surface area contributed by atoms with Gasteiger partial charge in [-0.15, -0.1) is 0 Å². The normalized spacial score (nSPS) is 14.4. The zero-order valence-electron chi connectivity index (χ0n) is 16.9. The second-order valence-corrected chi connectivity index (χ2v) is 8.44. The van der Waals surface area contributed by atoms with Gasteiger partial charge in [0.05, 0.1) is 0 Å². The number of benzene rings is 1. The number of hydrogen-bond donors (Lipinski definition) is 2. The highest BCUT2D eigenvalue weighted by atomic mass is 32.2. The molecule has 0 radical (unpaired) electrons. The number of aromatic nitrogens is 5. The van der Waals surface area contributed by atoms with Crippen LogP contribution >= 0.6 is 0 Å². The van der Waals surface area contributed by atoms with Crippen LogP contribution in [0.2, 0.25) is 0 Å². The van der Waals surface area contributed by atoms with E-state index in [0.29, 0.717) is 28.6 Å². The van der Waals surface area contributed by atoms with Crippen LogP contribution < -0.4 is 16.2 Å². The molecule has 3 aromatic heterocycles. The fraction of sp³-hybridized carbons (Fsp3) is 0.238. The van der Waals surface area contributed by atoms with Crippen molar-refractivity contribution in [2.24, 2.45) is 0 Å². The van der Waals surface area contributed by atoms with E-state index in [1.165, 1.54) is 26.1 Å². The minimum atomic E-state index is -1.73. The van der Waals surface area contributed by atoms with Crippen molar-refractivity contribution in [1.29, 1.82) is 0 Å². The Bertz CT molecular complexity index is 1350. The third-order valence-electron chi connectivity index (χ3n) is 5.26. The van der Waals surface area contributed by atoms with Gasteiger partial charge < -0.3 is 10.6 Å². The van der Waals surface area contributed by atoms with E-state index < -0.39 is 11.0 Å². The van der Waals surface area contributed by atoms with Crippen molar-refractivity contribution >= 4 is 33.7 Å². The molecule has 1 aromatic carbocycles. The molecular weight excluding hydrogens is 414 g/mol. The van der Waals surface area contributed by atoms with Crippen LogP contribution in [0.1, 0.15) is 18.1 Å². The van der Waals surface area contributed by atoms with E-state index in [-0.39, 0.29) is 5.56 Å². The second kappa shape index (κ2) is 8.05. The summed E-state index contributed by atoms with van der Waals surface area (Å²) in [5.74, 6) is 0.335. The molecule has 0 fully saturated rings. The summed E-state index contributed by atoms with van der Waals surface area (Å²) < 4.78 is 16.0. The van der Waals surface area contributed by atoms with Crippen LogP contribution in [0.5, 0.6) is 0 Å². The van der Waals surface area contributed by atoms with Crippen LogP contribution in [-0.4, -0.2) is 34.5 Å². The Kier molecular flexibility index (Phi) is 5.08. The summed E-state index contributed by atoms with van der Waals surface area (Å²) >= 11 is 0. The van der Waals surface area contributed by atoms with E-state index in [2.05, 4.69) is 37.7 Å². The summed E-state index contributed by atoms with van der Waals surface area (Å²) in [6.07, 6.45) is 4.02. The minimum Gasteiger partial charge on any atom is -0.324 e. The Labute approximate surface area is 180 Å². The number of anilines is 2. The Morgan fingerprint density at radius 3 is 2.90 bits per heavy atom. The van der Waals surface area contributed by atoms with Gasteiger partial charge in [0.1, 0.15) is 10.4 Å². The van der Waals surface area contributed by atoms with Crippen LogP contribution in [-0.2, 0) is 30.5 Å². The molecule has 158 valence electrons. The molecule has 0 bridgehead atoms. The highest BCUT2D eigenvalue weighted by Gasteiger charge is 2.21. The minimum absolute atomic E-state index is 0.283. The molecule has 1 atom stereocenters. The van der Waals surface area contributed by atoms with Crippen LogP contribution in [0, 0.1) is 0 Å². The van der Waals surface area contributed by atoms with Crippen molar-refractivity contribution in [3.8, 4) is 0 Å². The SMILES string of the molecule is CCn1c(=O)c2cnc(Nc3ccc4c(c3)CCNC4)nc2n1S(=O)c1ccccn1. The fourth-order valence-electron chi connectivity index (χ4n) is 3.73. The van der Waals surface area contributed by atoms with E-state index in [1.54, 1.807) is 24.4 Å². The molecule has 1 aliphatic heterocycles. The maximum atomic E-state index is 13.2. The van der Waals surface area contributed by atoms with Gasteiger partial charge in [-0.2, -0.15) is 9.07 Å². The lowest BCUT2D eigenvalue weighted by atomic mass is 10.0. The van der Waals surface area contributed by atoms with Gasteiger partial charge in [-0.3, -0.25) is 4.79 Å². The summed E-state index contributed by atoms with van der Waals surface area (Å²) in [5.41, 5.74) is 3.46. The molecule has 31 heavy (non-hydrogen) atoms. The lowest BCUT2D eigenvalue weighted by molar-refractivity contribution is 0.589. The number of nitrogens with zero attached hydrogens (tertiary/aromatic N) is 5. The van der Waals surface area contributed by atoms with Crippen LogP contribution in [0.4, 0.5) is 11.6 Å². The molecule has 1 aliphatic rings. The van der Waals surface area contributed by atoms with E-state index in [0.717, 1.165) is 25.2 Å². The van der Waals surface area contributed by atoms with Gasteiger partial charge in [0, 0.05) is 31.2 Å². The van der Waals surface area contributed by atoms with Gasteiger partial charge in [0.2, 0.25) is 5.95 Å². The molecular formula is C21H21N7O2S. The molecule has 0 aliphatic carbocycles. The lowest BCUT2D eigenvalue weighted by Crippen LogP contribution is -2.24. The average molecular weight is 436 g/mol. The first-order valence-electron chi connectivity index (χ1n) is 10.1. The summed E-state index contributed by atoms with van der Waals surface area (Å²) in [4.78, 5) is 25.9. The van der Waals surface area contributed by atoms with Crippen molar-refractivity contribution in [3.05, 3.63) is 70.3 Å². The van der Waals surface area contributed by atoms with Gasteiger partial charge in [0.15, 0.2) is 16.6 Å². The Morgan fingerprint density at radius 1 is 1.19 bits per heavy atom. The first-order chi connectivity index (χ1) is 15.2. The number of fused-ring (bicyclic) bond motifs is 2. The fourth-order valence-corrected chi connectivity index (χ4v) is 4.92. The molecule has 10 heteroatoms. The monoisotopic (exact) mass is 435 g/mol. The largest absolute Gasteiger partial charge is 0.324 e. The second-order valence-electron chi connectivity index (χ2n) is 7.18. The van der Waals surface area contributed by atoms with Crippen LogP contribution in [0.3, 0.4) is 0 Å². The van der Waals surface area contributed by atoms with Crippen LogP contribution in [0.25, 0.3) is 11.0 Å². The van der Waals surface area contributed by atoms with Gasteiger partial charge >= 0.3 is 0 Å². The number of rotatable bonds is 5. The topological polar surface area (TPSA) is 107 Å². The predicted octanol–water partition coefficient (Wildman–Crippen LogP) is 1.97. The van der Waals surface area contributed by atoms with Gasteiger partial charge in [-0.25, -0.2) is 18.9 Å². The maximum absolute atomic E-state index is 13.2. The molecule has 0 spiro atoms. The third-order valence-corrected chi connectivity index (χ3v) is 6.54. The molecule has 9 nitrogen and oxygen atoms in total. The van der Waals surface area contributed by atoms with Crippen molar-refractivity contribution in [2.45, 2.75) is 31.5 Å². The quantitative estimate of drug-likeness (QED) is 0.494. The molecule has 0 amide bonds. The molecule has 0 saturated heterocycles. The molecule has 4 aromatic rings. The zero-order valence-corrected chi connectivity index (χ0v) is 17.7. The summed E-state index contributed by atoms with van der Waals surface area (Å²) in [6.45, 7) is 3.99. The summed E-state index contributed by atoms with van der Waals surface area (Å²) in [6, 6.07) is 11.3. The van der Waals surface area contributed by atoms with E-state index in [4.69, 9.17) is 0 Å². The van der Waals surface area contributed by atoms with Crippen molar-refractivity contribution in [2.75, 3.05) is 11.9 Å². The first-order valence-corrected chi connectivity index (χ1v) is 11.2. The highest BCUT2D eigenvalue weighted by Crippen LogP contribution is 2.22. The van der Waals surface area contributed by atoms with Crippen molar-refractivity contribution < 1.29 is 4.21 Å². The molecule has 1 unspecified atom stereocenters. The third kappa shape index (κ3) is 3.53. The number of pyridine rings is 1. The summed E-state index contributed by atoms with van der Waals surface area (Å²) in [7, 11) is -1.73. The molecule has 5 rings (SSSR count). The Morgan fingerprint density at radius 2 is 2.10 bits per heavy atom. The lowest BCUT2D eigenvalue weighted by Gasteiger charge is -2.18. The smallest absolute Gasteiger partial charge is 0.278 e. The van der Waals surface area contributed by atoms with E-state index in [9.17, 15) is 9.00 Å². The van der Waals surface area contributed by atoms with Gasteiger partial charge in [0.25, 0.3) is 5.56 Å². The number of nitrogens with one attached hydrogen (secondary N) is 2. The zero-order chi connectivity index (χ0) is 21.4. The van der Waals surface area contributed by atoms with Crippen molar-refractivity contribution in [3.63, 3.8) is 0 Å². The van der Waals surface area contributed by atoms with E-state index >= 15 is 0 Å². The average Bonchev–Trinajstić information content (AvgIpc) is 3.10. The molecule has 0 saturated carbocycles.